The number of aromatic nitrogens is 2. The smallest absolute Gasteiger partial charge is 0.250 e. The highest BCUT2D eigenvalue weighted by atomic mass is 32.1. The molecule has 0 atom stereocenters. The van der Waals surface area contributed by atoms with E-state index >= 15 is 0 Å². The van der Waals surface area contributed by atoms with Crippen molar-refractivity contribution < 1.29 is 9.21 Å². The molecule has 1 aliphatic rings. The standard InChI is InChI=1S/C17H18N4O2S/c1-10-13(16(18)22)7-15(21(10)11-4-5-11)14-9-24-17(20-14)19-8-12-3-2-6-23-12/h2-3,6-7,9,11H,4-5,8H2,1H3,(H2,18,22)(H,19,20). The molecule has 124 valence electrons. The van der Waals surface area contributed by atoms with Crippen molar-refractivity contribution in [2.45, 2.75) is 32.4 Å². The first kappa shape index (κ1) is 15.0. The second-order valence-electron chi connectivity index (χ2n) is 5.96. The third kappa shape index (κ3) is 2.71. The molecule has 3 aromatic heterocycles. The quantitative estimate of drug-likeness (QED) is 0.717. The average Bonchev–Trinajstić information content (AvgIpc) is 2.99. The van der Waals surface area contributed by atoms with Gasteiger partial charge in [-0.25, -0.2) is 4.98 Å². The van der Waals surface area contributed by atoms with E-state index in [1.165, 1.54) is 11.3 Å². The molecule has 3 aromatic rings. The van der Waals surface area contributed by atoms with Crippen molar-refractivity contribution in [1.29, 1.82) is 0 Å². The third-order valence-corrected chi connectivity index (χ3v) is 5.03. The molecule has 6 nitrogen and oxygen atoms in total. The molecule has 3 heterocycles. The Morgan fingerprint density at radius 3 is 3.04 bits per heavy atom. The van der Waals surface area contributed by atoms with Crippen LogP contribution < -0.4 is 11.1 Å². The van der Waals surface area contributed by atoms with E-state index in [2.05, 4.69) is 14.9 Å². The molecule has 1 aliphatic carbocycles. The van der Waals surface area contributed by atoms with Crippen LogP contribution in [0.5, 0.6) is 0 Å². The summed E-state index contributed by atoms with van der Waals surface area (Å²) in [5.41, 5.74) is 8.85. The van der Waals surface area contributed by atoms with E-state index in [0.29, 0.717) is 18.2 Å². The predicted molar refractivity (Wildman–Crippen MR) is 93.1 cm³/mol. The monoisotopic (exact) mass is 342 g/mol. The number of nitrogens with two attached hydrogens (primary N) is 1. The lowest BCUT2D eigenvalue weighted by Gasteiger charge is -2.08. The fourth-order valence-corrected chi connectivity index (χ4v) is 3.62. The zero-order valence-electron chi connectivity index (χ0n) is 13.3. The van der Waals surface area contributed by atoms with Gasteiger partial charge in [-0.05, 0) is 38.0 Å². The van der Waals surface area contributed by atoms with Crippen LogP contribution in [0, 0.1) is 6.92 Å². The van der Waals surface area contributed by atoms with Crippen molar-refractivity contribution in [1.82, 2.24) is 9.55 Å². The maximum Gasteiger partial charge on any atom is 0.250 e. The minimum Gasteiger partial charge on any atom is -0.467 e. The molecule has 0 radical (unpaired) electrons. The Bertz CT molecular complexity index is 875. The topological polar surface area (TPSA) is 86.1 Å². The van der Waals surface area contributed by atoms with Crippen molar-refractivity contribution in [2.75, 3.05) is 5.32 Å². The van der Waals surface area contributed by atoms with Crippen LogP contribution in [0.2, 0.25) is 0 Å². The Balaban J connectivity index is 1.62. The molecule has 0 aromatic carbocycles. The van der Waals surface area contributed by atoms with E-state index < -0.39 is 0 Å². The van der Waals surface area contributed by atoms with E-state index in [4.69, 9.17) is 10.2 Å². The maximum atomic E-state index is 11.7. The predicted octanol–water partition coefficient (Wildman–Crippen LogP) is 3.56. The zero-order chi connectivity index (χ0) is 16.7. The number of nitrogens with one attached hydrogen (secondary N) is 1. The van der Waals surface area contributed by atoms with E-state index in [9.17, 15) is 4.79 Å². The molecule has 1 fully saturated rings. The number of carbonyl (C=O) groups is 1. The van der Waals surface area contributed by atoms with E-state index in [-0.39, 0.29) is 5.91 Å². The lowest BCUT2D eigenvalue weighted by molar-refractivity contribution is 0.0999. The van der Waals surface area contributed by atoms with Crippen molar-refractivity contribution in [3.63, 3.8) is 0 Å². The Hall–Kier alpha value is -2.54. The number of furan rings is 1. The summed E-state index contributed by atoms with van der Waals surface area (Å²) < 4.78 is 7.51. The maximum absolute atomic E-state index is 11.7. The molecule has 24 heavy (non-hydrogen) atoms. The van der Waals surface area contributed by atoms with Crippen molar-refractivity contribution in [3.8, 4) is 11.4 Å². The first-order valence-corrected chi connectivity index (χ1v) is 8.75. The molecule has 1 amide bonds. The van der Waals surface area contributed by atoms with Crippen LogP contribution >= 0.6 is 11.3 Å². The molecular weight excluding hydrogens is 324 g/mol. The summed E-state index contributed by atoms with van der Waals surface area (Å²) in [5, 5.41) is 6.08. The first-order chi connectivity index (χ1) is 11.6. The Morgan fingerprint density at radius 2 is 2.38 bits per heavy atom. The van der Waals surface area contributed by atoms with E-state index in [1.54, 1.807) is 6.26 Å². The van der Waals surface area contributed by atoms with Gasteiger partial charge in [0.2, 0.25) is 0 Å². The summed E-state index contributed by atoms with van der Waals surface area (Å²) in [6, 6.07) is 6.10. The van der Waals surface area contributed by atoms with Gasteiger partial charge in [0.25, 0.3) is 5.91 Å². The number of carbonyl (C=O) groups excluding carboxylic acids is 1. The highest BCUT2D eigenvalue weighted by Gasteiger charge is 2.30. The Kier molecular flexibility index (Phi) is 3.65. The summed E-state index contributed by atoms with van der Waals surface area (Å²) in [4.78, 5) is 16.3. The molecule has 3 N–H and O–H groups in total. The number of rotatable bonds is 6. The van der Waals surface area contributed by atoms with Crippen molar-refractivity contribution in [2.24, 2.45) is 5.73 Å². The lowest BCUT2D eigenvalue weighted by Crippen LogP contribution is -2.12. The van der Waals surface area contributed by atoms with Gasteiger partial charge in [-0.1, -0.05) is 0 Å². The third-order valence-electron chi connectivity index (χ3n) is 4.23. The van der Waals surface area contributed by atoms with Crippen LogP contribution in [0.1, 0.15) is 40.7 Å². The minimum atomic E-state index is -0.389. The Morgan fingerprint density at radius 1 is 1.54 bits per heavy atom. The second-order valence-corrected chi connectivity index (χ2v) is 6.82. The summed E-state index contributed by atoms with van der Waals surface area (Å²) in [6.45, 7) is 2.54. The molecule has 0 unspecified atom stereocenters. The summed E-state index contributed by atoms with van der Waals surface area (Å²) in [7, 11) is 0. The van der Waals surface area contributed by atoms with Crippen LogP contribution in [0.15, 0.2) is 34.3 Å². The average molecular weight is 342 g/mol. The number of amides is 1. The molecule has 0 saturated heterocycles. The fraction of sp³-hybridized carbons (Fsp3) is 0.294. The van der Waals surface area contributed by atoms with E-state index in [0.717, 1.165) is 40.8 Å². The number of thiazole rings is 1. The molecule has 0 spiro atoms. The van der Waals surface area contributed by atoms with Gasteiger partial charge in [0.1, 0.15) is 5.76 Å². The van der Waals surface area contributed by atoms with Crippen molar-refractivity contribution in [3.05, 3.63) is 46.9 Å². The summed E-state index contributed by atoms with van der Waals surface area (Å²) in [6.07, 6.45) is 3.92. The Labute approximate surface area is 143 Å². The highest BCUT2D eigenvalue weighted by Crippen LogP contribution is 2.41. The molecule has 1 saturated carbocycles. The van der Waals surface area contributed by atoms with Crippen LogP contribution in [-0.4, -0.2) is 15.5 Å². The van der Waals surface area contributed by atoms with Gasteiger partial charge in [-0.3, -0.25) is 4.79 Å². The molecule has 7 heteroatoms. The van der Waals surface area contributed by atoms with Gasteiger partial charge in [-0.15, -0.1) is 11.3 Å². The summed E-state index contributed by atoms with van der Waals surface area (Å²) >= 11 is 1.54. The minimum absolute atomic E-state index is 0.389. The lowest BCUT2D eigenvalue weighted by atomic mass is 10.2. The van der Waals surface area contributed by atoms with Gasteiger partial charge in [0.05, 0.1) is 29.8 Å². The largest absolute Gasteiger partial charge is 0.467 e. The number of nitrogens with zero attached hydrogens (tertiary/aromatic N) is 2. The van der Waals surface area contributed by atoms with Crippen LogP contribution in [0.4, 0.5) is 5.13 Å². The highest BCUT2D eigenvalue weighted by molar-refractivity contribution is 7.14. The van der Waals surface area contributed by atoms with Crippen LogP contribution in [0.3, 0.4) is 0 Å². The second kappa shape index (κ2) is 5.83. The molecule has 4 rings (SSSR count). The molecule has 0 bridgehead atoms. The van der Waals surface area contributed by atoms with Crippen molar-refractivity contribution >= 4 is 22.4 Å². The number of primary amides is 1. The van der Waals surface area contributed by atoms with Crippen LogP contribution in [0.25, 0.3) is 11.4 Å². The zero-order valence-corrected chi connectivity index (χ0v) is 14.1. The summed E-state index contributed by atoms with van der Waals surface area (Å²) in [5.74, 6) is 0.472. The number of hydrogen-bond acceptors (Lipinski definition) is 5. The molecular formula is C17H18N4O2S. The van der Waals surface area contributed by atoms with E-state index in [1.807, 2.05) is 30.5 Å². The van der Waals surface area contributed by atoms with Gasteiger partial charge in [0.15, 0.2) is 5.13 Å². The number of hydrogen-bond donors (Lipinski definition) is 2. The first-order valence-electron chi connectivity index (χ1n) is 7.87. The van der Waals surface area contributed by atoms with Gasteiger partial charge in [0, 0.05) is 17.1 Å². The van der Waals surface area contributed by atoms with Gasteiger partial charge < -0.3 is 20.0 Å². The van der Waals surface area contributed by atoms with Crippen LogP contribution in [-0.2, 0) is 6.54 Å². The van der Waals surface area contributed by atoms with Gasteiger partial charge >= 0.3 is 0 Å². The van der Waals surface area contributed by atoms with Gasteiger partial charge in [-0.2, -0.15) is 0 Å². The number of anilines is 1. The normalized spacial score (nSPS) is 14.0. The molecule has 0 aliphatic heterocycles. The SMILES string of the molecule is Cc1c(C(N)=O)cc(-c2csc(NCc3ccco3)n2)n1C1CC1. The fourth-order valence-electron chi connectivity index (χ4n) is 2.92.